The molecule has 0 bridgehead atoms. The molecule has 0 spiro atoms. The Bertz CT molecular complexity index is 1130. The molecule has 8 heteroatoms. The van der Waals surface area contributed by atoms with Crippen LogP contribution in [0.3, 0.4) is 0 Å². The monoisotopic (exact) mass is 424 g/mol. The zero-order chi connectivity index (χ0) is 22.4. The predicted octanol–water partition coefficient (Wildman–Crippen LogP) is 1.62. The van der Waals surface area contributed by atoms with Gasteiger partial charge in [-0.1, -0.05) is 30.3 Å². The molecule has 162 valence electrons. The maximum atomic E-state index is 12.6. The summed E-state index contributed by atoms with van der Waals surface area (Å²) in [5, 5.41) is 12.8. The Labute approximate surface area is 179 Å². The highest BCUT2D eigenvalue weighted by Gasteiger charge is 2.23. The summed E-state index contributed by atoms with van der Waals surface area (Å²) < 4.78 is 10.6. The fourth-order valence-electron chi connectivity index (χ4n) is 3.17. The number of nitrogens with one attached hydrogen (secondary N) is 1. The molecule has 31 heavy (non-hydrogen) atoms. The standard InChI is InChI=1S/C23H24N2O6/c1-15-10-22(28)31-20-11-17(8-9-18(15)20)30-14-21(27)24-19(13-26)23(29)25(2)12-16-6-4-3-5-7-16/h3-11,19,26H,12-14H2,1-2H3,(H,24,27)/t19-/m0/s1. The van der Waals surface area contributed by atoms with Crippen molar-refractivity contribution in [2.45, 2.75) is 19.5 Å². The number of nitrogens with zero attached hydrogens (tertiary/aromatic N) is 1. The fraction of sp³-hybridized carbons (Fsp3) is 0.261. The summed E-state index contributed by atoms with van der Waals surface area (Å²) in [6.07, 6.45) is 0. The zero-order valence-electron chi connectivity index (χ0n) is 17.3. The van der Waals surface area contributed by atoms with Gasteiger partial charge in [-0.2, -0.15) is 0 Å². The van der Waals surface area contributed by atoms with E-state index in [0.29, 0.717) is 17.9 Å². The quantitative estimate of drug-likeness (QED) is 0.532. The highest BCUT2D eigenvalue weighted by molar-refractivity contribution is 5.88. The lowest BCUT2D eigenvalue weighted by atomic mass is 10.1. The van der Waals surface area contributed by atoms with Crippen molar-refractivity contribution < 1.29 is 23.8 Å². The summed E-state index contributed by atoms with van der Waals surface area (Å²) in [4.78, 5) is 37.8. The number of aliphatic hydroxyl groups is 1. The highest BCUT2D eigenvalue weighted by Crippen LogP contribution is 2.22. The number of ether oxygens (including phenoxy) is 1. The third-order valence-corrected chi connectivity index (χ3v) is 4.75. The van der Waals surface area contributed by atoms with Crippen LogP contribution in [0, 0.1) is 6.92 Å². The van der Waals surface area contributed by atoms with E-state index in [1.165, 1.54) is 17.0 Å². The van der Waals surface area contributed by atoms with Crippen LogP contribution >= 0.6 is 0 Å². The number of fused-ring (bicyclic) bond motifs is 1. The maximum absolute atomic E-state index is 12.6. The van der Waals surface area contributed by atoms with Crippen LogP contribution in [0.15, 0.2) is 63.8 Å². The summed E-state index contributed by atoms with van der Waals surface area (Å²) in [6.45, 7) is 1.25. The van der Waals surface area contributed by atoms with E-state index in [0.717, 1.165) is 16.5 Å². The van der Waals surface area contributed by atoms with Gasteiger partial charge in [0.2, 0.25) is 5.91 Å². The first kappa shape index (κ1) is 22.0. The molecule has 2 aromatic carbocycles. The van der Waals surface area contributed by atoms with E-state index in [9.17, 15) is 19.5 Å². The van der Waals surface area contributed by atoms with Crippen LogP contribution in [0.4, 0.5) is 0 Å². The number of carbonyl (C=O) groups excluding carboxylic acids is 2. The number of aryl methyl sites for hydroxylation is 1. The molecule has 0 saturated carbocycles. The van der Waals surface area contributed by atoms with Crippen LogP contribution in [0.5, 0.6) is 5.75 Å². The van der Waals surface area contributed by atoms with Crippen molar-refractivity contribution in [3.63, 3.8) is 0 Å². The Hall–Kier alpha value is -3.65. The van der Waals surface area contributed by atoms with Crippen molar-refractivity contribution in [1.29, 1.82) is 0 Å². The SMILES string of the molecule is Cc1cc(=O)oc2cc(OCC(=O)N[C@@H](CO)C(=O)N(C)Cc3ccccc3)ccc12. The van der Waals surface area contributed by atoms with Crippen molar-refractivity contribution in [1.82, 2.24) is 10.2 Å². The van der Waals surface area contributed by atoms with Crippen LogP contribution < -0.4 is 15.7 Å². The lowest BCUT2D eigenvalue weighted by Crippen LogP contribution is -2.50. The molecule has 1 aromatic heterocycles. The molecule has 1 atom stereocenters. The largest absolute Gasteiger partial charge is 0.484 e. The van der Waals surface area contributed by atoms with Gasteiger partial charge in [-0.25, -0.2) is 4.79 Å². The number of hydrogen-bond acceptors (Lipinski definition) is 6. The van der Waals surface area contributed by atoms with E-state index in [4.69, 9.17) is 9.15 Å². The van der Waals surface area contributed by atoms with Crippen LogP contribution in [0.2, 0.25) is 0 Å². The van der Waals surface area contributed by atoms with E-state index in [2.05, 4.69) is 5.32 Å². The van der Waals surface area contributed by atoms with E-state index in [1.807, 2.05) is 30.3 Å². The first-order chi connectivity index (χ1) is 14.9. The Morgan fingerprint density at radius 3 is 2.61 bits per heavy atom. The topological polar surface area (TPSA) is 109 Å². The van der Waals surface area contributed by atoms with Gasteiger partial charge in [0.15, 0.2) is 6.61 Å². The van der Waals surface area contributed by atoms with Gasteiger partial charge in [0.05, 0.1) is 6.61 Å². The minimum atomic E-state index is -1.08. The summed E-state index contributed by atoms with van der Waals surface area (Å²) in [5.74, 6) is -0.640. The number of hydrogen-bond donors (Lipinski definition) is 2. The number of aliphatic hydroxyl groups excluding tert-OH is 1. The third-order valence-electron chi connectivity index (χ3n) is 4.75. The molecule has 0 radical (unpaired) electrons. The van der Waals surface area contributed by atoms with Crippen LogP contribution in [0.25, 0.3) is 11.0 Å². The molecule has 0 saturated heterocycles. The molecule has 0 unspecified atom stereocenters. The van der Waals surface area contributed by atoms with Gasteiger partial charge in [0.25, 0.3) is 5.91 Å². The molecule has 3 rings (SSSR count). The van der Waals surface area contributed by atoms with Crippen molar-refractivity contribution in [3.8, 4) is 5.75 Å². The molecule has 0 aliphatic carbocycles. The van der Waals surface area contributed by atoms with Gasteiger partial charge in [0, 0.05) is 31.1 Å². The second-order valence-corrected chi connectivity index (χ2v) is 7.18. The van der Waals surface area contributed by atoms with E-state index in [1.54, 1.807) is 26.1 Å². The number of benzene rings is 2. The van der Waals surface area contributed by atoms with Gasteiger partial charge >= 0.3 is 5.63 Å². The molecule has 0 fully saturated rings. The second kappa shape index (κ2) is 9.90. The summed E-state index contributed by atoms with van der Waals surface area (Å²) >= 11 is 0. The van der Waals surface area contributed by atoms with E-state index >= 15 is 0 Å². The molecule has 3 aromatic rings. The van der Waals surface area contributed by atoms with E-state index in [-0.39, 0.29) is 6.61 Å². The van der Waals surface area contributed by atoms with Gasteiger partial charge < -0.3 is 24.5 Å². The average molecular weight is 424 g/mol. The van der Waals surface area contributed by atoms with Crippen molar-refractivity contribution >= 4 is 22.8 Å². The first-order valence-corrected chi connectivity index (χ1v) is 9.74. The molecule has 8 nitrogen and oxygen atoms in total. The van der Waals surface area contributed by atoms with Gasteiger partial charge in [0.1, 0.15) is 17.4 Å². The maximum Gasteiger partial charge on any atom is 0.336 e. The smallest absolute Gasteiger partial charge is 0.336 e. The van der Waals surface area contributed by atoms with Crippen LogP contribution in [-0.2, 0) is 16.1 Å². The number of carbonyl (C=O) groups is 2. The van der Waals surface area contributed by atoms with Gasteiger partial charge in [-0.05, 0) is 30.2 Å². The second-order valence-electron chi connectivity index (χ2n) is 7.18. The Balaban J connectivity index is 1.58. The average Bonchev–Trinajstić information content (AvgIpc) is 2.75. The van der Waals surface area contributed by atoms with Crippen LogP contribution in [-0.4, -0.2) is 48.1 Å². The number of amides is 2. The van der Waals surface area contributed by atoms with Gasteiger partial charge in [-0.3, -0.25) is 9.59 Å². The molecule has 2 N–H and O–H groups in total. The Kier molecular flexibility index (Phi) is 7.04. The molecular formula is C23H24N2O6. The number of likely N-dealkylation sites (N-methyl/N-ethyl adjacent to an activating group) is 1. The minimum absolute atomic E-state index is 0.337. The minimum Gasteiger partial charge on any atom is -0.484 e. The molecule has 2 amide bonds. The molecule has 0 aliphatic heterocycles. The Morgan fingerprint density at radius 1 is 1.16 bits per heavy atom. The summed E-state index contributed by atoms with van der Waals surface area (Å²) in [7, 11) is 1.60. The van der Waals surface area contributed by atoms with Crippen LogP contribution in [0.1, 0.15) is 11.1 Å². The third kappa shape index (κ3) is 5.70. The summed E-state index contributed by atoms with van der Waals surface area (Å²) in [5.41, 5.74) is 1.60. The summed E-state index contributed by atoms with van der Waals surface area (Å²) in [6, 6.07) is 14.6. The lowest BCUT2D eigenvalue weighted by molar-refractivity contribution is -0.137. The van der Waals surface area contributed by atoms with Gasteiger partial charge in [-0.15, -0.1) is 0 Å². The molecule has 1 heterocycles. The number of rotatable bonds is 8. The van der Waals surface area contributed by atoms with E-state index < -0.39 is 30.1 Å². The molecule has 0 aliphatic rings. The van der Waals surface area contributed by atoms with Crippen molar-refractivity contribution in [3.05, 3.63) is 76.1 Å². The zero-order valence-corrected chi connectivity index (χ0v) is 17.3. The highest BCUT2D eigenvalue weighted by atomic mass is 16.5. The molecular weight excluding hydrogens is 400 g/mol. The fourth-order valence-corrected chi connectivity index (χ4v) is 3.17. The van der Waals surface area contributed by atoms with Crippen molar-refractivity contribution in [2.24, 2.45) is 0 Å². The predicted molar refractivity (Wildman–Crippen MR) is 115 cm³/mol. The lowest BCUT2D eigenvalue weighted by Gasteiger charge is -2.23. The Morgan fingerprint density at radius 2 is 1.90 bits per heavy atom. The first-order valence-electron chi connectivity index (χ1n) is 9.74. The van der Waals surface area contributed by atoms with Crippen molar-refractivity contribution in [2.75, 3.05) is 20.3 Å². The normalized spacial score (nSPS) is 11.7.